The molecule has 3 rings (SSSR count). The number of hydrogen-bond acceptors (Lipinski definition) is 6. The molecule has 0 bridgehead atoms. The lowest BCUT2D eigenvalue weighted by atomic mass is 10.2. The maximum atomic E-state index is 12.9. The van der Waals surface area contributed by atoms with Gasteiger partial charge < -0.3 is 9.47 Å². The summed E-state index contributed by atoms with van der Waals surface area (Å²) in [6, 6.07) is 14.1. The minimum Gasteiger partial charge on any atom is -0.493 e. The van der Waals surface area contributed by atoms with Crippen LogP contribution in [0.2, 0.25) is 5.02 Å². The summed E-state index contributed by atoms with van der Waals surface area (Å²) in [6.07, 6.45) is 0.715. The highest BCUT2D eigenvalue weighted by Crippen LogP contribution is 2.21. The average molecular weight is 430 g/mol. The molecule has 0 N–H and O–H groups in total. The number of methoxy groups -OCH3 is 1. The van der Waals surface area contributed by atoms with E-state index in [-0.39, 0.29) is 5.56 Å². The number of fused-ring (bicyclic) bond motifs is 1. The van der Waals surface area contributed by atoms with Crippen molar-refractivity contribution in [3.63, 3.8) is 0 Å². The molecule has 3 aromatic rings. The maximum Gasteiger partial charge on any atom is 0.262 e. The van der Waals surface area contributed by atoms with Gasteiger partial charge >= 0.3 is 0 Å². The molecule has 0 spiro atoms. The van der Waals surface area contributed by atoms with E-state index in [0.717, 1.165) is 0 Å². The number of aromatic nitrogens is 2. The van der Waals surface area contributed by atoms with Crippen molar-refractivity contribution in [3.05, 3.63) is 63.4 Å². The number of nitriles is 1. The zero-order chi connectivity index (χ0) is 20.6. The van der Waals surface area contributed by atoms with Gasteiger partial charge in [0.05, 0.1) is 29.1 Å². The van der Waals surface area contributed by atoms with Crippen LogP contribution in [0.15, 0.2) is 52.4 Å². The lowest BCUT2D eigenvalue weighted by molar-refractivity contribution is 0.189. The number of halogens is 1. The topological polar surface area (TPSA) is 77.1 Å². The van der Waals surface area contributed by atoms with E-state index in [1.807, 2.05) is 0 Å². The van der Waals surface area contributed by atoms with Crippen LogP contribution < -0.4 is 10.3 Å². The largest absolute Gasteiger partial charge is 0.493 e. The van der Waals surface area contributed by atoms with Gasteiger partial charge in [-0.15, -0.1) is 0 Å². The molecule has 0 fully saturated rings. The molecule has 0 aliphatic rings. The summed E-state index contributed by atoms with van der Waals surface area (Å²) in [6.45, 7) is 1.53. The molecule has 0 unspecified atom stereocenters. The predicted octanol–water partition coefficient (Wildman–Crippen LogP) is 4.13. The van der Waals surface area contributed by atoms with Gasteiger partial charge in [-0.2, -0.15) is 5.26 Å². The van der Waals surface area contributed by atoms with Gasteiger partial charge in [-0.05, 0) is 48.9 Å². The summed E-state index contributed by atoms with van der Waals surface area (Å²) >= 11 is 7.53. The molecule has 0 radical (unpaired) electrons. The molecular weight excluding hydrogens is 410 g/mol. The Bertz CT molecular complexity index is 1080. The predicted molar refractivity (Wildman–Crippen MR) is 115 cm³/mol. The number of hydrogen-bond donors (Lipinski definition) is 0. The molecule has 0 amide bonds. The van der Waals surface area contributed by atoms with E-state index in [1.54, 1.807) is 54.1 Å². The lowest BCUT2D eigenvalue weighted by Crippen LogP contribution is -2.24. The van der Waals surface area contributed by atoms with E-state index in [4.69, 9.17) is 26.3 Å². The third kappa shape index (κ3) is 5.51. The molecule has 8 heteroatoms. The second kappa shape index (κ2) is 10.3. The third-order valence-corrected chi connectivity index (χ3v) is 5.35. The van der Waals surface area contributed by atoms with Crippen molar-refractivity contribution in [1.82, 2.24) is 9.55 Å². The van der Waals surface area contributed by atoms with Gasteiger partial charge in [0.1, 0.15) is 5.75 Å². The van der Waals surface area contributed by atoms with Gasteiger partial charge in [0.25, 0.3) is 5.56 Å². The third-order valence-electron chi connectivity index (χ3n) is 4.18. The Balaban J connectivity index is 1.74. The van der Waals surface area contributed by atoms with Crippen molar-refractivity contribution in [1.29, 1.82) is 5.26 Å². The molecule has 0 atom stereocenters. The molecule has 29 heavy (non-hydrogen) atoms. The Morgan fingerprint density at radius 1 is 1.21 bits per heavy atom. The minimum atomic E-state index is -0.0849. The van der Waals surface area contributed by atoms with E-state index in [2.05, 4.69) is 11.1 Å². The van der Waals surface area contributed by atoms with Crippen LogP contribution in [0, 0.1) is 11.3 Å². The molecule has 2 aromatic carbocycles. The van der Waals surface area contributed by atoms with E-state index in [0.29, 0.717) is 64.3 Å². The van der Waals surface area contributed by atoms with Crippen LogP contribution in [0.1, 0.15) is 12.0 Å². The second-order valence-corrected chi connectivity index (χ2v) is 7.69. The number of thioether (sulfide) groups is 1. The molecule has 6 nitrogen and oxygen atoms in total. The van der Waals surface area contributed by atoms with Crippen LogP contribution in [0.25, 0.3) is 10.9 Å². The van der Waals surface area contributed by atoms with Gasteiger partial charge in [0.15, 0.2) is 5.16 Å². The van der Waals surface area contributed by atoms with Crippen molar-refractivity contribution >= 4 is 34.3 Å². The summed E-state index contributed by atoms with van der Waals surface area (Å²) in [5, 5.41) is 10.6. The highest BCUT2D eigenvalue weighted by atomic mass is 35.5. The zero-order valence-electron chi connectivity index (χ0n) is 15.9. The normalized spacial score (nSPS) is 10.8. The first-order chi connectivity index (χ1) is 14.1. The van der Waals surface area contributed by atoms with E-state index in [9.17, 15) is 4.79 Å². The van der Waals surface area contributed by atoms with Crippen molar-refractivity contribution in [3.8, 4) is 11.8 Å². The van der Waals surface area contributed by atoms with Gasteiger partial charge in [-0.1, -0.05) is 23.4 Å². The average Bonchev–Trinajstić information content (AvgIpc) is 2.73. The lowest BCUT2D eigenvalue weighted by Gasteiger charge is -2.13. The van der Waals surface area contributed by atoms with Gasteiger partial charge in [0, 0.05) is 31.0 Å². The monoisotopic (exact) mass is 429 g/mol. The first kappa shape index (κ1) is 21.2. The number of nitrogens with zero attached hydrogens (tertiary/aromatic N) is 3. The van der Waals surface area contributed by atoms with Crippen LogP contribution in [-0.4, -0.2) is 35.6 Å². The summed E-state index contributed by atoms with van der Waals surface area (Å²) in [4.78, 5) is 17.6. The SMILES string of the molecule is COCCCn1c(SCCOc2ccc(C#N)cc2)nc2cc(Cl)ccc2c1=O. The highest BCUT2D eigenvalue weighted by Gasteiger charge is 2.12. The molecule has 1 aromatic heterocycles. The van der Waals surface area contributed by atoms with Crippen LogP contribution in [-0.2, 0) is 11.3 Å². The van der Waals surface area contributed by atoms with Crippen molar-refractivity contribution < 1.29 is 9.47 Å². The highest BCUT2D eigenvalue weighted by molar-refractivity contribution is 7.99. The Kier molecular flexibility index (Phi) is 7.53. The molecular formula is C21H20ClN3O3S. The van der Waals surface area contributed by atoms with E-state index < -0.39 is 0 Å². The fourth-order valence-electron chi connectivity index (χ4n) is 2.77. The summed E-state index contributed by atoms with van der Waals surface area (Å²) in [5.74, 6) is 1.31. The van der Waals surface area contributed by atoms with E-state index in [1.165, 1.54) is 11.8 Å². The van der Waals surface area contributed by atoms with Crippen molar-refractivity contribution in [2.45, 2.75) is 18.1 Å². The van der Waals surface area contributed by atoms with Gasteiger partial charge in [0.2, 0.25) is 0 Å². The summed E-state index contributed by atoms with van der Waals surface area (Å²) in [7, 11) is 1.64. The Hall–Kier alpha value is -2.53. The molecule has 150 valence electrons. The second-order valence-electron chi connectivity index (χ2n) is 6.19. The first-order valence-electron chi connectivity index (χ1n) is 9.07. The molecule has 0 aliphatic heterocycles. The minimum absolute atomic E-state index is 0.0849. The maximum absolute atomic E-state index is 12.9. The molecule has 0 aliphatic carbocycles. The van der Waals surface area contributed by atoms with Crippen LogP contribution in [0.5, 0.6) is 5.75 Å². The summed E-state index contributed by atoms with van der Waals surface area (Å²) < 4.78 is 12.5. The quantitative estimate of drug-likeness (QED) is 0.289. The Morgan fingerprint density at radius 2 is 2.00 bits per heavy atom. The number of ether oxygens (including phenoxy) is 2. The molecule has 0 saturated heterocycles. The standard InChI is InChI=1S/C21H20ClN3O3S/c1-27-10-2-9-25-20(26)18-8-5-16(22)13-19(18)24-21(25)29-12-11-28-17-6-3-15(14-23)4-7-17/h3-8,13H,2,9-12H2,1H3. The smallest absolute Gasteiger partial charge is 0.262 e. The Morgan fingerprint density at radius 3 is 2.72 bits per heavy atom. The first-order valence-corrected chi connectivity index (χ1v) is 10.4. The fraction of sp³-hybridized carbons (Fsp3) is 0.286. The van der Waals surface area contributed by atoms with E-state index >= 15 is 0 Å². The van der Waals surface area contributed by atoms with Gasteiger partial charge in [-0.3, -0.25) is 9.36 Å². The number of rotatable bonds is 9. The fourth-order valence-corrected chi connectivity index (χ4v) is 3.77. The molecule has 0 saturated carbocycles. The van der Waals surface area contributed by atoms with Crippen molar-refractivity contribution in [2.75, 3.05) is 26.1 Å². The summed E-state index contributed by atoms with van der Waals surface area (Å²) in [5.41, 5.74) is 1.09. The van der Waals surface area contributed by atoms with Crippen molar-refractivity contribution in [2.24, 2.45) is 0 Å². The van der Waals surface area contributed by atoms with Crippen LogP contribution in [0.3, 0.4) is 0 Å². The Labute approximate surface area is 178 Å². The number of benzene rings is 2. The molecule has 1 heterocycles. The zero-order valence-corrected chi connectivity index (χ0v) is 17.5. The van der Waals surface area contributed by atoms with Crippen LogP contribution in [0.4, 0.5) is 0 Å². The van der Waals surface area contributed by atoms with Gasteiger partial charge in [-0.25, -0.2) is 4.98 Å². The van der Waals surface area contributed by atoms with Crippen LogP contribution >= 0.6 is 23.4 Å².